The summed E-state index contributed by atoms with van der Waals surface area (Å²) >= 11 is 1.31. The van der Waals surface area contributed by atoms with Gasteiger partial charge in [-0.05, 0) is 72.7 Å². The minimum absolute atomic E-state index is 0.00914. The first-order valence-corrected chi connectivity index (χ1v) is 15.7. The first-order chi connectivity index (χ1) is 21.8. The number of aliphatic imine (C=N–C) groups is 1. The molecule has 1 amide bonds. The first kappa shape index (κ1) is 33.2. The molecule has 1 aromatic heterocycles. The van der Waals surface area contributed by atoms with Crippen LogP contribution < -0.4 is 15.0 Å². The monoisotopic (exact) mass is 652 g/mol. The highest BCUT2D eigenvalue weighted by molar-refractivity contribution is 8.15. The van der Waals surface area contributed by atoms with E-state index in [2.05, 4.69) is 39.0 Å². The van der Waals surface area contributed by atoms with Crippen LogP contribution in [0.5, 0.6) is 5.75 Å². The van der Waals surface area contributed by atoms with Gasteiger partial charge in [0, 0.05) is 11.6 Å². The van der Waals surface area contributed by atoms with Gasteiger partial charge < -0.3 is 9.84 Å². The Bertz CT molecular complexity index is 1710. The van der Waals surface area contributed by atoms with Gasteiger partial charge in [-0.25, -0.2) is 14.7 Å². The molecule has 1 aliphatic heterocycles. The number of hydrogen-bond acceptors (Lipinski definition) is 8. The van der Waals surface area contributed by atoms with Crippen molar-refractivity contribution in [1.29, 1.82) is 0 Å². The summed E-state index contributed by atoms with van der Waals surface area (Å²) in [6.07, 6.45) is -4.49. The molecule has 0 bridgehead atoms. The van der Waals surface area contributed by atoms with Gasteiger partial charge in [0.05, 0.1) is 17.1 Å². The van der Waals surface area contributed by atoms with Crippen LogP contribution in [0.2, 0.25) is 0 Å². The van der Waals surface area contributed by atoms with Crippen molar-refractivity contribution in [2.24, 2.45) is 4.99 Å². The van der Waals surface area contributed by atoms with Gasteiger partial charge in [-0.15, -0.1) is 18.3 Å². The molecule has 242 valence electrons. The second-order valence-corrected chi connectivity index (χ2v) is 12.4. The predicted molar refractivity (Wildman–Crippen MR) is 173 cm³/mol. The third-order valence-corrected chi connectivity index (χ3v) is 8.67. The summed E-state index contributed by atoms with van der Waals surface area (Å²) < 4.78 is 42.7. The number of rotatable bonds is 10. The quantitative estimate of drug-likeness (QED) is 0.183. The summed E-state index contributed by atoms with van der Waals surface area (Å²) in [5.41, 5.74) is 5.18. The molecule has 5 rings (SSSR count). The summed E-state index contributed by atoms with van der Waals surface area (Å²) in [7, 11) is 0. The summed E-state index contributed by atoms with van der Waals surface area (Å²) in [6.45, 7) is 10.1. The van der Waals surface area contributed by atoms with Crippen LogP contribution in [0.25, 0.3) is 17.1 Å². The molecule has 46 heavy (non-hydrogen) atoms. The lowest BCUT2D eigenvalue weighted by molar-refractivity contribution is -0.274. The summed E-state index contributed by atoms with van der Waals surface area (Å²) in [4.78, 5) is 23.3. The molecule has 0 spiro atoms. The molecule has 3 unspecified atom stereocenters. The van der Waals surface area contributed by atoms with Gasteiger partial charge in [-0.2, -0.15) is 0 Å². The van der Waals surface area contributed by atoms with Crippen molar-refractivity contribution < 1.29 is 27.8 Å². The zero-order valence-electron chi connectivity index (χ0n) is 26.0. The summed E-state index contributed by atoms with van der Waals surface area (Å²) in [5.74, 6) is 0.519. The molecule has 1 aliphatic rings. The first-order valence-electron chi connectivity index (χ1n) is 14.8. The highest BCUT2D eigenvalue weighted by atomic mass is 32.2. The maximum atomic E-state index is 12.9. The van der Waals surface area contributed by atoms with E-state index >= 15 is 0 Å². The third kappa shape index (κ3) is 7.77. The van der Waals surface area contributed by atoms with Crippen LogP contribution in [-0.2, 0) is 4.79 Å². The topological polar surface area (TPSA) is 105 Å². The lowest BCUT2D eigenvalue weighted by Crippen LogP contribution is -2.40. The van der Waals surface area contributed by atoms with E-state index < -0.39 is 12.7 Å². The SMILES string of the molecule is Cc1ccc(C(C)C)c(N2C(=O)CSC2=NC(O)NC(C)C(C)c2ccc(-c3ncn(-c4ccc(OC(F)(F)F)cc4)n3)cc2)c1. The normalized spacial score (nSPS) is 16.7. The minimum atomic E-state index is -4.76. The fraction of sp³-hybridized carbons (Fsp3) is 0.333. The van der Waals surface area contributed by atoms with E-state index in [0.717, 1.165) is 27.9 Å². The van der Waals surface area contributed by atoms with Gasteiger partial charge in [0.15, 0.2) is 11.0 Å². The Hall–Kier alpha value is -4.20. The lowest BCUT2D eigenvalue weighted by atomic mass is 9.93. The molecule has 1 fully saturated rings. The number of nitrogens with zero attached hydrogens (tertiary/aromatic N) is 5. The molecule has 0 radical (unpaired) electrons. The molecule has 2 heterocycles. The molecule has 3 atom stereocenters. The number of carbonyl (C=O) groups excluding carboxylic acids is 1. The Balaban J connectivity index is 1.23. The van der Waals surface area contributed by atoms with Crippen molar-refractivity contribution in [3.8, 4) is 22.8 Å². The van der Waals surface area contributed by atoms with Crippen LogP contribution in [0.3, 0.4) is 0 Å². The number of benzene rings is 3. The van der Waals surface area contributed by atoms with Crippen LogP contribution in [0.4, 0.5) is 18.9 Å². The zero-order valence-corrected chi connectivity index (χ0v) is 26.8. The number of aryl methyl sites for hydroxylation is 1. The largest absolute Gasteiger partial charge is 0.573 e. The number of amidine groups is 1. The van der Waals surface area contributed by atoms with Gasteiger partial charge >= 0.3 is 6.36 Å². The van der Waals surface area contributed by atoms with Crippen LogP contribution >= 0.6 is 11.8 Å². The number of carbonyl (C=O) groups is 1. The third-order valence-electron chi connectivity index (χ3n) is 7.73. The molecule has 3 aromatic carbocycles. The van der Waals surface area contributed by atoms with Gasteiger partial charge in [-0.3, -0.25) is 15.0 Å². The highest BCUT2D eigenvalue weighted by Crippen LogP contribution is 2.34. The van der Waals surface area contributed by atoms with E-state index in [1.807, 2.05) is 63.2 Å². The summed E-state index contributed by atoms with van der Waals surface area (Å²) in [6, 6.07) is 18.9. The van der Waals surface area contributed by atoms with Crippen molar-refractivity contribution in [3.05, 3.63) is 89.7 Å². The van der Waals surface area contributed by atoms with E-state index in [0.29, 0.717) is 16.7 Å². The molecular formula is C33H35F3N6O3S. The Morgan fingerprint density at radius 2 is 1.72 bits per heavy atom. The van der Waals surface area contributed by atoms with Crippen molar-refractivity contribution in [2.45, 2.75) is 65.2 Å². The van der Waals surface area contributed by atoms with Gasteiger partial charge in [0.25, 0.3) is 0 Å². The molecule has 0 saturated carbocycles. The molecule has 13 heteroatoms. The van der Waals surface area contributed by atoms with Crippen molar-refractivity contribution in [1.82, 2.24) is 20.1 Å². The van der Waals surface area contributed by atoms with E-state index in [-0.39, 0.29) is 35.3 Å². The van der Waals surface area contributed by atoms with Crippen LogP contribution in [0.15, 0.2) is 78.0 Å². The zero-order chi connectivity index (χ0) is 33.2. The fourth-order valence-corrected chi connectivity index (χ4v) is 5.98. The maximum Gasteiger partial charge on any atom is 0.573 e. The average molecular weight is 653 g/mol. The minimum Gasteiger partial charge on any atom is -0.406 e. The molecule has 2 N–H and O–H groups in total. The number of hydrogen-bond donors (Lipinski definition) is 2. The maximum absolute atomic E-state index is 12.9. The standard InChI is InChI=1S/C33H35F3N6O3S/c1-19(2)27-15-6-20(3)16-28(27)42-29(43)17-46-32(42)39-31(44)38-22(5)21(4)23-7-9-24(10-8-23)30-37-18-41(40-30)25-11-13-26(14-12-25)45-33(34,35)36/h6-16,18-19,21-22,31,38,44H,17H2,1-5H3. The van der Waals surface area contributed by atoms with Crippen molar-refractivity contribution in [2.75, 3.05) is 10.7 Å². The Kier molecular flexibility index (Phi) is 9.85. The van der Waals surface area contributed by atoms with Crippen LogP contribution in [0, 0.1) is 6.92 Å². The van der Waals surface area contributed by atoms with E-state index in [1.165, 1.54) is 47.0 Å². The fourth-order valence-electron chi connectivity index (χ4n) is 5.10. The van der Waals surface area contributed by atoms with Crippen LogP contribution in [-0.4, -0.2) is 55.5 Å². The number of aliphatic hydroxyl groups excluding tert-OH is 1. The number of amides is 1. The predicted octanol–water partition coefficient (Wildman–Crippen LogP) is 6.76. The van der Waals surface area contributed by atoms with Gasteiger partial charge in [-0.1, -0.05) is 68.9 Å². The molecule has 1 saturated heterocycles. The second kappa shape index (κ2) is 13.7. The van der Waals surface area contributed by atoms with Crippen molar-refractivity contribution >= 4 is 28.5 Å². The highest BCUT2D eigenvalue weighted by Gasteiger charge is 2.33. The van der Waals surface area contributed by atoms with E-state index in [1.54, 1.807) is 4.90 Å². The number of thioether (sulfide) groups is 1. The number of nitrogens with one attached hydrogen (secondary N) is 1. The smallest absolute Gasteiger partial charge is 0.406 e. The number of ether oxygens (including phenoxy) is 1. The summed E-state index contributed by atoms with van der Waals surface area (Å²) in [5, 5.41) is 18.9. The van der Waals surface area contributed by atoms with Crippen molar-refractivity contribution in [3.63, 3.8) is 0 Å². The van der Waals surface area contributed by atoms with Crippen LogP contribution in [0.1, 0.15) is 56.2 Å². The van der Waals surface area contributed by atoms with Gasteiger partial charge in [0.1, 0.15) is 12.1 Å². The lowest BCUT2D eigenvalue weighted by Gasteiger charge is -2.25. The van der Waals surface area contributed by atoms with Gasteiger partial charge in [0.2, 0.25) is 12.3 Å². The number of alkyl halides is 3. The Morgan fingerprint density at radius 3 is 2.37 bits per heavy atom. The number of aromatic nitrogens is 3. The van der Waals surface area contributed by atoms with E-state index in [4.69, 9.17) is 0 Å². The Morgan fingerprint density at radius 1 is 1.02 bits per heavy atom. The average Bonchev–Trinajstić information content (AvgIpc) is 3.63. The molecular weight excluding hydrogens is 617 g/mol. The molecule has 0 aliphatic carbocycles. The molecule has 9 nitrogen and oxygen atoms in total. The second-order valence-electron chi connectivity index (χ2n) is 11.4. The van der Waals surface area contributed by atoms with E-state index in [9.17, 15) is 23.1 Å². The number of anilines is 1. The number of halogens is 3. The Labute approximate surface area is 269 Å². The molecule has 4 aromatic rings. The number of aliphatic hydroxyl groups is 1.